The Labute approximate surface area is 111 Å². The van der Waals surface area contributed by atoms with Gasteiger partial charge in [-0.15, -0.1) is 0 Å². The number of nitrogens with two attached hydrogens (primary N) is 1. The molecule has 0 spiro atoms. The second-order valence-corrected chi connectivity index (χ2v) is 4.23. The van der Waals surface area contributed by atoms with Crippen LogP contribution in [0.15, 0.2) is 6.20 Å². The monoisotopic (exact) mass is 356 g/mol. The van der Waals surface area contributed by atoms with Crippen LogP contribution in [0.3, 0.4) is 0 Å². The van der Waals surface area contributed by atoms with E-state index in [9.17, 15) is 13.6 Å². The lowest BCUT2D eigenvalue weighted by atomic mass is 10.1. The zero-order chi connectivity index (χ0) is 13.0. The minimum Gasteiger partial charge on any atom is -0.462 e. The lowest BCUT2D eigenvalue weighted by Gasteiger charge is -2.12. The second-order valence-electron chi connectivity index (χ2n) is 3.07. The van der Waals surface area contributed by atoms with Gasteiger partial charge in [-0.3, -0.25) is 4.98 Å². The van der Waals surface area contributed by atoms with Gasteiger partial charge in [0.1, 0.15) is 5.69 Å². The van der Waals surface area contributed by atoms with E-state index in [0.29, 0.717) is 9.13 Å². The van der Waals surface area contributed by atoms with Crippen molar-refractivity contribution in [1.29, 1.82) is 0 Å². The van der Waals surface area contributed by atoms with Crippen LogP contribution in [0.25, 0.3) is 0 Å². The van der Waals surface area contributed by atoms with E-state index in [-0.39, 0.29) is 18.7 Å². The molecular formula is C10H11F2IN2O2. The molecule has 2 N–H and O–H groups in total. The minimum atomic E-state index is -2.84. The summed E-state index contributed by atoms with van der Waals surface area (Å²) in [5.74, 6) is -0.811. The highest BCUT2D eigenvalue weighted by Crippen LogP contribution is 2.26. The molecule has 1 rings (SSSR count). The number of esters is 1. The zero-order valence-electron chi connectivity index (χ0n) is 9.04. The van der Waals surface area contributed by atoms with Crippen molar-refractivity contribution in [1.82, 2.24) is 4.98 Å². The first kappa shape index (κ1) is 14.2. The molecule has 1 heterocycles. The molecule has 0 aliphatic carbocycles. The van der Waals surface area contributed by atoms with Gasteiger partial charge >= 0.3 is 5.97 Å². The van der Waals surface area contributed by atoms with E-state index in [0.717, 1.165) is 0 Å². The summed E-state index contributed by atoms with van der Waals surface area (Å²) in [7, 11) is 0. The molecule has 0 radical (unpaired) electrons. The molecule has 1 aromatic heterocycles. The fourth-order valence-corrected chi connectivity index (χ4v) is 1.97. The Hall–Kier alpha value is -0.830. The number of ether oxygens (including phenoxy) is 1. The molecule has 0 saturated heterocycles. The standard InChI is InChI=1S/C10H11F2IN2O2/c1-2-17-10(16)7-5(3-14)6(13)4-15-8(7)9(11)12/h4,9H,2-3,14H2,1H3. The molecule has 0 amide bonds. The van der Waals surface area contributed by atoms with Crippen LogP contribution in [0.5, 0.6) is 0 Å². The maximum Gasteiger partial charge on any atom is 0.340 e. The normalized spacial score (nSPS) is 10.7. The number of halogens is 3. The van der Waals surface area contributed by atoms with E-state index in [4.69, 9.17) is 10.5 Å². The Morgan fingerprint density at radius 3 is 2.76 bits per heavy atom. The maximum absolute atomic E-state index is 12.8. The molecule has 7 heteroatoms. The average molecular weight is 356 g/mol. The van der Waals surface area contributed by atoms with Crippen LogP contribution < -0.4 is 5.73 Å². The molecule has 0 saturated carbocycles. The quantitative estimate of drug-likeness (QED) is 0.664. The van der Waals surface area contributed by atoms with Crippen LogP contribution in [-0.2, 0) is 11.3 Å². The summed E-state index contributed by atoms with van der Waals surface area (Å²) in [6, 6.07) is 0. The Balaban J connectivity index is 3.38. The predicted molar refractivity (Wildman–Crippen MR) is 65.8 cm³/mol. The zero-order valence-corrected chi connectivity index (χ0v) is 11.2. The SMILES string of the molecule is CCOC(=O)c1c(C(F)F)ncc(I)c1CN. The first-order chi connectivity index (χ1) is 8.02. The van der Waals surface area contributed by atoms with E-state index in [1.807, 2.05) is 22.6 Å². The summed E-state index contributed by atoms with van der Waals surface area (Å²) in [6.45, 7) is 1.69. The van der Waals surface area contributed by atoms with Gasteiger partial charge in [-0.25, -0.2) is 13.6 Å². The lowest BCUT2D eigenvalue weighted by Crippen LogP contribution is -2.17. The van der Waals surface area contributed by atoms with E-state index in [2.05, 4.69) is 4.98 Å². The topological polar surface area (TPSA) is 65.2 Å². The van der Waals surface area contributed by atoms with Crippen LogP contribution in [0.1, 0.15) is 35.0 Å². The molecule has 4 nitrogen and oxygen atoms in total. The van der Waals surface area contributed by atoms with Crippen LogP contribution in [0.4, 0.5) is 8.78 Å². The highest BCUT2D eigenvalue weighted by atomic mass is 127. The number of aromatic nitrogens is 1. The van der Waals surface area contributed by atoms with Gasteiger partial charge in [0.15, 0.2) is 0 Å². The number of carbonyl (C=O) groups is 1. The van der Waals surface area contributed by atoms with Crippen molar-refractivity contribution in [3.05, 3.63) is 26.6 Å². The largest absolute Gasteiger partial charge is 0.462 e. The van der Waals surface area contributed by atoms with Crippen molar-refractivity contribution in [3.8, 4) is 0 Å². The van der Waals surface area contributed by atoms with Gasteiger partial charge < -0.3 is 10.5 Å². The van der Waals surface area contributed by atoms with E-state index < -0.39 is 18.1 Å². The number of alkyl halides is 2. The highest BCUT2D eigenvalue weighted by molar-refractivity contribution is 14.1. The van der Waals surface area contributed by atoms with Crippen molar-refractivity contribution in [2.45, 2.75) is 19.9 Å². The smallest absolute Gasteiger partial charge is 0.340 e. The van der Waals surface area contributed by atoms with Crippen LogP contribution in [-0.4, -0.2) is 17.6 Å². The summed E-state index contributed by atoms with van der Waals surface area (Å²) in [4.78, 5) is 15.2. The lowest BCUT2D eigenvalue weighted by molar-refractivity contribution is 0.0511. The predicted octanol–water partition coefficient (Wildman–Crippen LogP) is 2.26. The molecule has 1 aromatic rings. The van der Waals surface area contributed by atoms with Gasteiger partial charge in [-0.2, -0.15) is 0 Å². The van der Waals surface area contributed by atoms with Crippen molar-refractivity contribution in [2.75, 3.05) is 6.61 Å². The van der Waals surface area contributed by atoms with Gasteiger partial charge in [0.2, 0.25) is 0 Å². The Bertz CT molecular complexity index is 427. The van der Waals surface area contributed by atoms with Crippen molar-refractivity contribution >= 4 is 28.6 Å². The third-order valence-electron chi connectivity index (χ3n) is 2.05. The number of nitrogens with zero attached hydrogens (tertiary/aromatic N) is 1. The molecular weight excluding hydrogens is 345 g/mol. The summed E-state index contributed by atoms with van der Waals surface area (Å²) >= 11 is 1.89. The first-order valence-electron chi connectivity index (χ1n) is 4.85. The summed E-state index contributed by atoms with van der Waals surface area (Å²) in [5, 5.41) is 0. The third kappa shape index (κ3) is 3.09. The average Bonchev–Trinajstić information content (AvgIpc) is 2.28. The molecule has 0 unspecified atom stereocenters. The van der Waals surface area contributed by atoms with Gasteiger partial charge in [0.25, 0.3) is 6.43 Å². The van der Waals surface area contributed by atoms with Gasteiger partial charge in [0.05, 0.1) is 12.2 Å². The second kappa shape index (κ2) is 6.20. The molecule has 0 atom stereocenters. The van der Waals surface area contributed by atoms with Crippen molar-refractivity contribution < 1.29 is 18.3 Å². The summed E-state index contributed by atoms with van der Waals surface area (Å²) in [5.41, 5.74) is 5.02. The van der Waals surface area contributed by atoms with E-state index in [1.54, 1.807) is 6.92 Å². The third-order valence-corrected chi connectivity index (χ3v) is 2.98. The van der Waals surface area contributed by atoms with Crippen LogP contribution in [0, 0.1) is 3.57 Å². The highest BCUT2D eigenvalue weighted by Gasteiger charge is 2.25. The molecule has 0 aromatic carbocycles. The fraction of sp³-hybridized carbons (Fsp3) is 0.400. The molecule has 0 bridgehead atoms. The van der Waals surface area contributed by atoms with Crippen molar-refractivity contribution in [2.24, 2.45) is 5.73 Å². The van der Waals surface area contributed by atoms with Gasteiger partial charge in [-0.1, -0.05) is 0 Å². The van der Waals surface area contributed by atoms with Crippen LogP contribution >= 0.6 is 22.6 Å². The summed E-state index contributed by atoms with van der Waals surface area (Å²) in [6.07, 6.45) is -1.57. The van der Waals surface area contributed by atoms with E-state index >= 15 is 0 Å². The first-order valence-corrected chi connectivity index (χ1v) is 5.93. The molecule has 0 aliphatic rings. The summed E-state index contributed by atoms with van der Waals surface area (Å²) < 4.78 is 30.8. The number of carbonyl (C=O) groups excluding carboxylic acids is 1. The number of hydrogen-bond donors (Lipinski definition) is 1. The fourth-order valence-electron chi connectivity index (χ4n) is 1.34. The van der Waals surface area contributed by atoms with Crippen LogP contribution in [0.2, 0.25) is 0 Å². The molecule has 94 valence electrons. The minimum absolute atomic E-state index is 0.0192. The Kier molecular flexibility index (Phi) is 5.19. The van der Waals surface area contributed by atoms with Gasteiger partial charge in [-0.05, 0) is 35.1 Å². The Morgan fingerprint density at radius 1 is 1.65 bits per heavy atom. The maximum atomic E-state index is 12.8. The number of hydrogen-bond acceptors (Lipinski definition) is 4. The van der Waals surface area contributed by atoms with Crippen molar-refractivity contribution in [3.63, 3.8) is 0 Å². The number of pyridine rings is 1. The van der Waals surface area contributed by atoms with Gasteiger partial charge in [0, 0.05) is 16.3 Å². The number of rotatable bonds is 4. The molecule has 17 heavy (non-hydrogen) atoms. The van der Waals surface area contributed by atoms with E-state index in [1.165, 1.54) is 6.20 Å². The Morgan fingerprint density at radius 2 is 2.29 bits per heavy atom. The molecule has 0 fully saturated rings. The molecule has 0 aliphatic heterocycles.